The monoisotopic (exact) mass is 283 g/mol. The molecule has 1 heterocycles. The number of nitrogens with zero attached hydrogens (tertiary/aromatic N) is 2. The van der Waals surface area contributed by atoms with Crippen molar-refractivity contribution in [3.63, 3.8) is 0 Å². The van der Waals surface area contributed by atoms with Gasteiger partial charge in [0.1, 0.15) is 11.6 Å². The molecule has 2 N–H and O–H groups in total. The van der Waals surface area contributed by atoms with Crippen LogP contribution in [0.3, 0.4) is 0 Å². The van der Waals surface area contributed by atoms with Crippen molar-refractivity contribution in [1.82, 2.24) is 4.98 Å². The second-order valence-corrected chi connectivity index (χ2v) is 5.39. The van der Waals surface area contributed by atoms with Crippen molar-refractivity contribution in [3.05, 3.63) is 47.2 Å². The third-order valence-corrected chi connectivity index (χ3v) is 4.10. The Labute approximate surface area is 125 Å². The molecule has 1 aromatic carbocycles. The van der Waals surface area contributed by atoms with Crippen LogP contribution in [0.25, 0.3) is 0 Å². The average molecular weight is 283 g/mol. The van der Waals surface area contributed by atoms with Gasteiger partial charge in [0.25, 0.3) is 0 Å². The molecule has 3 rings (SSSR count). The Kier molecular flexibility index (Phi) is 3.80. The normalized spacial score (nSPS) is 13.1. The van der Waals surface area contributed by atoms with Crippen molar-refractivity contribution in [2.24, 2.45) is 5.73 Å². The van der Waals surface area contributed by atoms with Crippen LogP contribution in [-0.2, 0) is 19.4 Å². The van der Waals surface area contributed by atoms with Gasteiger partial charge in [0, 0.05) is 30.5 Å². The fourth-order valence-electron chi connectivity index (χ4n) is 2.88. The number of benzene rings is 1. The summed E-state index contributed by atoms with van der Waals surface area (Å²) in [5.41, 5.74) is 10.7. The molecule has 0 atom stereocenters. The van der Waals surface area contributed by atoms with Gasteiger partial charge in [-0.15, -0.1) is 0 Å². The summed E-state index contributed by atoms with van der Waals surface area (Å²) in [4.78, 5) is 6.96. The Morgan fingerprint density at radius 2 is 2.00 bits per heavy atom. The molecule has 0 aliphatic heterocycles. The number of ether oxygens (including phenoxy) is 1. The lowest BCUT2D eigenvalue weighted by atomic mass is 10.1. The van der Waals surface area contributed by atoms with Gasteiger partial charge in [0.05, 0.1) is 7.11 Å². The molecule has 0 saturated carbocycles. The Morgan fingerprint density at radius 3 is 2.67 bits per heavy atom. The largest absolute Gasteiger partial charge is 0.497 e. The zero-order valence-corrected chi connectivity index (χ0v) is 12.6. The SMILES string of the molecule is COc1ccc(N(C)c2nc3c(cc2CN)CCC3)cc1. The highest BCUT2D eigenvalue weighted by Gasteiger charge is 2.18. The maximum absolute atomic E-state index is 5.92. The molecule has 0 bridgehead atoms. The van der Waals surface area contributed by atoms with E-state index in [1.54, 1.807) is 7.11 Å². The van der Waals surface area contributed by atoms with Crippen molar-refractivity contribution in [2.75, 3.05) is 19.1 Å². The highest BCUT2D eigenvalue weighted by molar-refractivity contribution is 5.64. The summed E-state index contributed by atoms with van der Waals surface area (Å²) >= 11 is 0. The van der Waals surface area contributed by atoms with E-state index >= 15 is 0 Å². The molecule has 1 aliphatic carbocycles. The molecule has 0 radical (unpaired) electrons. The highest BCUT2D eigenvalue weighted by atomic mass is 16.5. The van der Waals surface area contributed by atoms with Crippen LogP contribution >= 0.6 is 0 Å². The minimum absolute atomic E-state index is 0.510. The van der Waals surface area contributed by atoms with Crippen molar-refractivity contribution in [3.8, 4) is 5.75 Å². The molecule has 1 aromatic heterocycles. The number of anilines is 2. The van der Waals surface area contributed by atoms with E-state index in [1.807, 2.05) is 31.3 Å². The van der Waals surface area contributed by atoms with Gasteiger partial charge in [-0.3, -0.25) is 0 Å². The lowest BCUT2D eigenvalue weighted by Crippen LogP contribution is -2.16. The number of aromatic nitrogens is 1. The molecule has 110 valence electrons. The molecule has 0 fully saturated rings. The molecule has 4 nitrogen and oxygen atoms in total. The first-order valence-corrected chi connectivity index (χ1v) is 7.32. The van der Waals surface area contributed by atoms with E-state index in [4.69, 9.17) is 15.5 Å². The van der Waals surface area contributed by atoms with Gasteiger partial charge in [0.2, 0.25) is 0 Å². The van der Waals surface area contributed by atoms with Gasteiger partial charge in [-0.05, 0) is 55.2 Å². The fourth-order valence-corrected chi connectivity index (χ4v) is 2.88. The summed E-state index contributed by atoms with van der Waals surface area (Å²) in [5.74, 6) is 1.82. The van der Waals surface area contributed by atoms with Crippen LogP contribution in [0, 0.1) is 0 Å². The van der Waals surface area contributed by atoms with E-state index in [0.29, 0.717) is 6.54 Å². The third kappa shape index (κ3) is 2.59. The van der Waals surface area contributed by atoms with Crippen LogP contribution in [0.5, 0.6) is 5.75 Å². The zero-order valence-electron chi connectivity index (χ0n) is 12.6. The summed E-state index contributed by atoms with van der Waals surface area (Å²) in [6.07, 6.45) is 3.40. The number of aryl methyl sites for hydroxylation is 2. The summed E-state index contributed by atoms with van der Waals surface area (Å²) in [7, 11) is 3.71. The lowest BCUT2D eigenvalue weighted by Gasteiger charge is -2.22. The predicted molar refractivity (Wildman–Crippen MR) is 85.2 cm³/mol. The number of rotatable bonds is 4. The van der Waals surface area contributed by atoms with Crippen LogP contribution in [0.4, 0.5) is 11.5 Å². The van der Waals surface area contributed by atoms with Crippen LogP contribution in [0.1, 0.15) is 23.2 Å². The number of hydrogen-bond donors (Lipinski definition) is 1. The number of fused-ring (bicyclic) bond motifs is 1. The van der Waals surface area contributed by atoms with Crippen molar-refractivity contribution >= 4 is 11.5 Å². The van der Waals surface area contributed by atoms with Crippen LogP contribution in [0.15, 0.2) is 30.3 Å². The van der Waals surface area contributed by atoms with Crippen molar-refractivity contribution in [1.29, 1.82) is 0 Å². The van der Waals surface area contributed by atoms with Gasteiger partial charge < -0.3 is 15.4 Å². The summed E-state index contributed by atoms with van der Waals surface area (Å²) in [6, 6.07) is 10.2. The summed E-state index contributed by atoms with van der Waals surface area (Å²) in [6.45, 7) is 0.510. The number of pyridine rings is 1. The molecule has 2 aromatic rings. The lowest BCUT2D eigenvalue weighted by molar-refractivity contribution is 0.415. The van der Waals surface area contributed by atoms with E-state index < -0.39 is 0 Å². The minimum Gasteiger partial charge on any atom is -0.497 e. The smallest absolute Gasteiger partial charge is 0.137 e. The topological polar surface area (TPSA) is 51.4 Å². The summed E-state index contributed by atoms with van der Waals surface area (Å²) in [5, 5.41) is 0. The third-order valence-electron chi connectivity index (χ3n) is 4.10. The van der Waals surface area contributed by atoms with Crippen LogP contribution in [0.2, 0.25) is 0 Å². The van der Waals surface area contributed by atoms with Gasteiger partial charge in [-0.1, -0.05) is 0 Å². The molecule has 0 amide bonds. The minimum atomic E-state index is 0.510. The Balaban J connectivity index is 1.98. The first-order valence-electron chi connectivity index (χ1n) is 7.32. The second-order valence-electron chi connectivity index (χ2n) is 5.39. The zero-order chi connectivity index (χ0) is 14.8. The first-order chi connectivity index (χ1) is 10.2. The highest BCUT2D eigenvalue weighted by Crippen LogP contribution is 2.31. The maximum Gasteiger partial charge on any atom is 0.137 e. The second kappa shape index (κ2) is 5.74. The van der Waals surface area contributed by atoms with Crippen LogP contribution < -0.4 is 15.4 Å². The molecule has 4 heteroatoms. The summed E-state index contributed by atoms with van der Waals surface area (Å²) < 4.78 is 5.21. The molecule has 1 aliphatic rings. The van der Waals surface area contributed by atoms with Gasteiger partial charge in [0.15, 0.2) is 0 Å². The van der Waals surface area contributed by atoms with E-state index in [9.17, 15) is 0 Å². The molecule has 0 saturated heterocycles. The molecule has 21 heavy (non-hydrogen) atoms. The number of hydrogen-bond acceptors (Lipinski definition) is 4. The number of nitrogens with two attached hydrogens (primary N) is 1. The fraction of sp³-hybridized carbons (Fsp3) is 0.353. The van der Waals surface area contributed by atoms with E-state index in [2.05, 4.69) is 11.0 Å². The van der Waals surface area contributed by atoms with Crippen LogP contribution in [-0.4, -0.2) is 19.1 Å². The van der Waals surface area contributed by atoms with Gasteiger partial charge in [-0.25, -0.2) is 4.98 Å². The predicted octanol–water partition coefficient (Wildman–Crippen LogP) is 2.81. The van der Waals surface area contributed by atoms with E-state index in [0.717, 1.165) is 35.7 Å². The molecular weight excluding hydrogens is 262 g/mol. The van der Waals surface area contributed by atoms with E-state index in [1.165, 1.54) is 17.7 Å². The maximum atomic E-state index is 5.92. The Hall–Kier alpha value is -2.07. The van der Waals surface area contributed by atoms with Gasteiger partial charge >= 0.3 is 0 Å². The molecule has 0 spiro atoms. The Bertz CT molecular complexity index is 637. The molecular formula is C17H21N3O. The number of methoxy groups -OCH3 is 1. The van der Waals surface area contributed by atoms with Crippen molar-refractivity contribution < 1.29 is 4.74 Å². The molecule has 0 unspecified atom stereocenters. The van der Waals surface area contributed by atoms with Gasteiger partial charge in [-0.2, -0.15) is 0 Å². The quantitative estimate of drug-likeness (QED) is 0.937. The Morgan fingerprint density at radius 1 is 1.24 bits per heavy atom. The standard InChI is InChI=1S/C17H21N3O/c1-20(14-6-8-15(21-2)9-7-14)17-13(11-18)10-12-4-3-5-16(12)19-17/h6-10H,3-5,11,18H2,1-2H3. The first kappa shape index (κ1) is 13.9. The average Bonchev–Trinajstić information content (AvgIpc) is 3.00. The van der Waals surface area contributed by atoms with Crippen molar-refractivity contribution in [2.45, 2.75) is 25.8 Å². The van der Waals surface area contributed by atoms with E-state index in [-0.39, 0.29) is 0 Å².